The number of hydrogen-bond donors (Lipinski definition) is 1. The molecule has 1 unspecified atom stereocenters. The molecule has 15 heavy (non-hydrogen) atoms. The lowest BCUT2D eigenvalue weighted by atomic mass is 10.1. The zero-order valence-electron chi connectivity index (χ0n) is 9.30. The van der Waals surface area contributed by atoms with Gasteiger partial charge in [0.05, 0.1) is 0 Å². The molecule has 0 radical (unpaired) electrons. The maximum absolute atomic E-state index is 12.4. The van der Waals surface area contributed by atoms with E-state index < -0.39 is 17.1 Å². The second-order valence-electron chi connectivity index (χ2n) is 4.05. The predicted molar refractivity (Wildman–Crippen MR) is 58.6 cm³/mol. The van der Waals surface area contributed by atoms with Crippen molar-refractivity contribution in [1.82, 2.24) is 0 Å². The average Bonchev–Trinajstić information content (AvgIpc) is 2.00. The molecule has 0 spiro atoms. The van der Waals surface area contributed by atoms with Crippen molar-refractivity contribution in [2.45, 2.75) is 44.8 Å². The molecule has 2 nitrogen and oxygen atoms in total. The Morgan fingerprint density at radius 1 is 1.47 bits per heavy atom. The third-order valence-electron chi connectivity index (χ3n) is 1.91. The molecule has 0 saturated heterocycles. The highest BCUT2D eigenvalue weighted by Crippen LogP contribution is 2.24. The van der Waals surface area contributed by atoms with Gasteiger partial charge in [0.2, 0.25) is 5.92 Å². The van der Waals surface area contributed by atoms with Gasteiger partial charge in [-0.2, -0.15) is 0 Å². The van der Waals surface area contributed by atoms with Crippen molar-refractivity contribution >= 4 is 17.7 Å². The van der Waals surface area contributed by atoms with Crippen LogP contribution in [-0.2, 0) is 4.79 Å². The zero-order chi connectivity index (χ0) is 12.1. The number of halogens is 2. The minimum atomic E-state index is -2.64. The highest BCUT2D eigenvalue weighted by atomic mass is 32.2. The van der Waals surface area contributed by atoms with E-state index in [-0.39, 0.29) is 12.3 Å². The number of aliphatic carboxylic acids is 1. The van der Waals surface area contributed by atoms with Gasteiger partial charge in [-0.1, -0.05) is 13.8 Å². The molecule has 5 heteroatoms. The maximum atomic E-state index is 12.4. The van der Waals surface area contributed by atoms with Gasteiger partial charge in [0.1, 0.15) is 5.25 Å². The molecule has 0 aliphatic carbocycles. The first kappa shape index (κ1) is 14.7. The van der Waals surface area contributed by atoms with Crippen LogP contribution in [0.3, 0.4) is 0 Å². The van der Waals surface area contributed by atoms with Crippen molar-refractivity contribution in [1.29, 1.82) is 0 Å². The number of carboxylic acids is 1. The van der Waals surface area contributed by atoms with E-state index in [9.17, 15) is 13.6 Å². The highest BCUT2D eigenvalue weighted by molar-refractivity contribution is 8.00. The summed E-state index contributed by atoms with van der Waals surface area (Å²) < 4.78 is 24.9. The van der Waals surface area contributed by atoms with Crippen molar-refractivity contribution in [3.8, 4) is 0 Å². The van der Waals surface area contributed by atoms with Crippen LogP contribution in [0.1, 0.15) is 33.6 Å². The van der Waals surface area contributed by atoms with Crippen molar-refractivity contribution in [2.75, 3.05) is 5.75 Å². The number of hydrogen-bond acceptors (Lipinski definition) is 2. The summed E-state index contributed by atoms with van der Waals surface area (Å²) in [5, 5.41) is 8.34. The SMILES string of the molecule is CC(C)C(SCCCC(C)(F)F)C(=O)O. The smallest absolute Gasteiger partial charge is 0.316 e. The van der Waals surface area contributed by atoms with Crippen LogP contribution in [0.15, 0.2) is 0 Å². The van der Waals surface area contributed by atoms with E-state index in [4.69, 9.17) is 5.11 Å². The van der Waals surface area contributed by atoms with Gasteiger partial charge in [-0.25, -0.2) is 8.78 Å². The molecule has 0 aromatic heterocycles. The summed E-state index contributed by atoms with van der Waals surface area (Å²) in [6.45, 7) is 4.52. The summed E-state index contributed by atoms with van der Waals surface area (Å²) in [5.41, 5.74) is 0. The van der Waals surface area contributed by atoms with Crippen molar-refractivity contribution in [3.63, 3.8) is 0 Å². The number of rotatable bonds is 7. The number of carbonyl (C=O) groups is 1. The Hall–Kier alpha value is -0.320. The fourth-order valence-corrected chi connectivity index (χ4v) is 2.23. The number of thioether (sulfide) groups is 1. The normalized spacial score (nSPS) is 14.3. The molecule has 0 aromatic rings. The Balaban J connectivity index is 3.78. The van der Waals surface area contributed by atoms with Gasteiger partial charge in [-0.3, -0.25) is 4.79 Å². The Bertz CT molecular complexity index is 202. The van der Waals surface area contributed by atoms with Gasteiger partial charge in [-0.15, -0.1) is 11.8 Å². The van der Waals surface area contributed by atoms with Crippen LogP contribution in [0, 0.1) is 5.92 Å². The molecule has 0 fully saturated rings. The Morgan fingerprint density at radius 3 is 2.33 bits per heavy atom. The van der Waals surface area contributed by atoms with Gasteiger partial charge in [-0.05, 0) is 25.0 Å². The zero-order valence-corrected chi connectivity index (χ0v) is 10.1. The minimum Gasteiger partial charge on any atom is -0.480 e. The van der Waals surface area contributed by atoms with Crippen molar-refractivity contribution in [2.24, 2.45) is 5.92 Å². The van der Waals surface area contributed by atoms with E-state index in [1.165, 1.54) is 11.8 Å². The number of alkyl halides is 2. The highest BCUT2D eigenvalue weighted by Gasteiger charge is 2.23. The summed E-state index contributed by atoms with van der Waals surface area (Å²) in [6, 6.07) is 0. The fraction of sp³-hybridized carbons (Fsp3) is 0.900. The van der Waals surface area contributed by atoms with Gasteiger partial charge in [0.25, 0.3) is 0 Å². The van der Waals surface area contributed by atoms with Crippen LogP contribution in [0.25, 0.3) is 0 Å². The minimum absolute atomic E-state index is 0.0228. The van der Waals surface area contributed by atoms with Crippen molar-refractivity contribution < 1.29 is 18.7 Å². The summed E-state index contributed by atoms with van der Waals surface area (Å²) in [5.74, 6) is -3.01. The third-order valence-corrected chi connectivity index (χ3v) is 3.54. The monoisotopic (exact) mass is 240 g/mol. The first-order valence-corrected chi connectivity index (χ1v) is 6.01. The summed E-state index contributed by atoms with van der Waals surface area (Å²) in [6.07, 6.45) is 0.176. The average molecular weight is 240 g/mol. The third kappa shape index (κ3) is 7.59. The van der Waals surface area contributed by atoms with Crippen LogP contribution >= 0.6 is 11.8 Å². The van der Waals surface area contributed by atoms with Gasteiger partial charge in [0.15, 0.2) is 0 Å². The van der Waals surface area contributed by atoms with Crippen LogP contribution < -0.4 is 0 Å². The number of carboxylic acid groups (broad SMARTS) is 1. The molecular formula is C10H18F2O2S. The largest absolute Gasteiger partial charge is 0.480 e. The van der Waals surface area contributed by atoms with Crippen LogP contribution in [-0.4, -0.2) is 28.0 Å². The fourth-order valence-electron chi connectivity index (χ4n) is 1.14. The van der Waals surface area contributed by atoms with Gasteiger partial charge < -0.3 is 5.11 Å². The first-order chi connectivity index (χ1) is 6.74. The predicted octanol–water partition coefficient (Wildman–Crippen LogP) is 3.26. The molecule has 90 valence electrons. The van der Waals surface area contributed by atoms with Crippen LogP contribution in [0.2, 0.25) is 0 Å². The van der Waals surface area contributed by atoms with Crippen LogP contribution in [0.4, 0.5) is 8.78 Å². The van der Waals surface area contributed by atoms with E-state index in [0.717, 1.165) is 6.92 Å². The van der Waals surface area contributed by atoms with Gasteiger partial charge >= 0.3 is 5.97 Å². The standard InChI is InChI=1S/C10H18F2O2S/c1-7(2)8(9(13)14)15-6-4-5-10(3,11)12/h7-8H,4-6H2,1-3H3,(H,13,14). The molecule has 0 aromatic carbocycles. The molecule has 0 heterocycles. The molecule has 0 amide bonds. The lowest BCUT2D eigenvalue weighted by molar-refractivity contribution is -0.137. The van der Waals surface area contributed by atoms with Crippen LogP contribution in [0.5, 0.6) is 0 Å². The van der Waals surface area contributed by atoms with E-state index in [2.05, 4.69) is 0 Å². The summed E-state index contributed by atoms with van der Waals surface area (Å²) >= 11 is 1.25. The summed E-state index contributed by atoms with van der Waals surface area (Å²) in [4.78, 5) is 10.8. The van der Waals surface area contributed by atoms with Gasteiger partial charge in [0, 0.05) is 6.42 Å². The molecular weight excluding hydrogens is 222 g/mol. The molecule has 1 N–H and O–H groups in total. The second kappa shape index (κ2) is 6.30. The maximum Gasteiger partial charge on any atom is 0.316 e. The van der Waals surface area contributed by atoms with E-state index in [0.29, 0.717) is 12.2 Å². The molecule has 0 rings (SSSR count). The molecule has 0 saturated carbocycles. The topological polar surface area (TPSA) is 37.3 Å². The Labute approximate surface area is 93.4 Å². The van der Waals surface area contributed by atoms with E-state index in [1.54, 1.807) is 0 Å². The lowest BCUT2D eigenvalue weighted by Gasteiger charge is -2.16. The second-order valence-corrected chi connectivity index (χ2v) is 5.30. The molecule has 0 bridgehead atoms. The summed E-state index contributed by atoms with van der Waals surface area (Å²) in [7, 11) is 0. The molecule has 0 aliphatic heterocycles. The van der Waals surface area contributed by atoms with E-state index >= 15 is 0 Å². The Kier molecular flexibility index (Phi) is 6.17. The molecule has 1 atom stereocenters. The quantitative estimate of drug-likeness (QED) is 0.694. The lowest BCUT2D eigenvalue weighted by Crippen LogP contribution is -2.23. The Morgan fingerprint density at radius 2 is 2.00 bits per heavy atom. The van der Waals surface area contributed by atoms with Crippen molar-refractivity contribution in [3.05, 3.63) is 0 Å². The molecule has 0 aliphatic rings. The first-order valence-electron chi connectivity index (χ1n) is 4.96. The van der Waals surface area contributed by atoms with E-state index in [1.807, 2.05) is 13.8 Å².